The molecule has 0 unspecified atom stereocenters. The van der Waals surface area contributed by atoms with Crippen molar-refractivity contribution in [1.29, 1.82) is 0 Å². The predicted octanol–water partition coefficient (Wildman–Crippen LogP) is -3.24. The molecule has 1 fully saturated rings. The van der Waals surface area contributed by atoms with Crippen LogP contribution >= 0.6 is 0 Å². The van der Waals surface area contributed by atoms with Crippen molar-refractivity contribution in [3.63, 3.8) is 0 Å². The molecule has 4 heteroatoms. The zero-order chi connectivity index (χ0) is 4.41. The van der Waals surface area contributed by atoms with Gasteiger partial charge in [0.2, 0.25) is 0 Å². The Bertz CT molecular complexity index is 44.8. The number of rotatable bonds is 0. The van der Waals surface area contributed by atoms with Crippen molar-refractivity contribution in [2.75, 3.05) is 11.7 Å². The molecule has 38 valence electrons. The van der Waals surface area contributed by atoms with E-state index in [9.17, 15) is 0 Å². The van der Waals surface area contributed by atoms with E-state index in [2.05, 4.69) is 0 Å². The molecule has 0 aliphatic carbocycles. The first-order valence-corrected chi connectivity index (χ1v) is 3.93. The molecule has 6 heavy (non-hydrogen) atoms. The molecule has 0 N–H and O–H groups in total. The summed E-state index contributed by atoms with van der Waals surface area (Å²) in [4.78, 5) is 4.81. The maximum atomic E-state index is 4.87. The van der Waals surface area contributed by atoms with Gasteiger partial charge in [-0.2, -0.15) is 0 Å². The van der Waals surface area contributed by atoms with E-state index < -0.39 is 0 Å². The van der Waals surface area contributed by atoms with Gasteiger partial charge >= 0.3 is 46.5 Å². The third kappa shape index (κ3) is 1.04. The minimum absolute atomic E-state index is 0.0943. The summed E-state index contributed by atoms with van der Waals surface area (Å²) in [6.07, 6.45) is 0. The van der Waals surface area contributed by atoms with Gasteiger partial charge in [-0.05, 0) is 0 Å². The topological polar surface area (TPSA) is 21.7 Å². The van der Waals surface area contributed by atoms with Crippen LogP contribution in [-0.2, 0) is 8.00 Å². The van der Waals surface area contributed by atoms with Gasteiger partial charge in [0, 0.05) is 0 Å². The number of hydrogen-bond acceptors (Lipinski definition) is 3. The Morgan fingerprint density at radius 3 is 2.83 bits per heavy atom. The second-order valence-corrected chi connectivity index (χ2v) is 2.50. The quantitative estimate of drug-likeness (QED) is 0.304. The van der Waals surface area contributed by atoms with E-state index in [1.165, 1.54) is 5.23 Å². The summed E-state index contributed by atoms with van der Waals surface area (Å²) >= 11 is -0.0943. The van der Waals surface area contributed by atoms with E-state index in [1.807, 2.05) is 0 Å². The molecule has 0 amide bonds. The van der Waals surface area contributed by atoms with Gasteiger partial charge in [-0.15, -0.1) is 0 Å². The van der Waals surface area contributed by atoms with Gasteiger partial charge in [-0.1, -0.05) is 0 Å². The van der Waals surface area contributed by atoms with Gasteiger partial charge in [-0.25, -0.2) is 0 Å². The van der Waals surface area contributed by atoms with Crippen LogP contribution in [0, 0.1) is 0 Å². The molecule has 1 aliphatic rings. The number of hydrogen-bond donors (Lipinski definition) is 0. The van der Waals surface area contributed by atoms with Crippen LogP contribution in [0.25, 0.3) is 0 Å². The zero-order valence-electron chi connectivity index (χ0n) is 3.35. The fourth-order valence-electron chi connectivity index (χ4n) is 0.197. The third-order valence-corrected chi connectivity index (χ3v) is 1.79. The van der Waals surface area contributed by atoms with Crippen LogP contribution in [-0.4, -0.2) is 16.9 Å². The van der Waals surface area contributed by atoms with Crippen molar-refractivity contribution < 1.29 is 29.6 Å². The number of alkyl halides is 1. The van der Waals surface area contributed by atoms with Crippen LogP contribution < -0.4 is 21.6 Å². The summed E-state index contributed by atoms with van der Waals surface area (Å²) in [5, 5.41) is 1.41. The second kappa shape index (κ2) is 2.06. The van der Waals surface area contributed by atoms with Crippen LogP contribution in [0.3, 0.4) is 0 Å². The van der Waals surface area contributed by atoms with E-state index in [-0.39, 0.29) is 21.6 Å². The zero-order valence-corrected chi connectivity index (χ0v) is 5.51. The molecule has 3 nitrogen and oxygen atoms in total. The Morgan fingerprint density at radius 2 is 2.67 bits per heavy atom. The third-order valence-electron chi connectivity index (χ3n) is 0.421. The average molecular weight is 202 g/mol. The molecular weight excluding hydrogens is 197 g/mol. The molecule has 1 aliphatic heterocycles. The van der Waals surface area contributed by atoms with Crippen LogP contribution in [0.1, 0.15) is 0 Å². The Kier molecular flexibility index (Phi) is 1.63. The van der Waals surface area contributed by atoms with E-state index >= 15 is 0 Å². The summed E-state index contributed by atoms with van der Waals surface area (Å²) in [5.74, 6) is 0. The normalized spacial score (nSPS) is 26.8. The molecule has 0 bridgehead atoms. The van der Waals surface area contributed by atoms with Gasteiger partial charge < -0.3 is 0 Å². The van der Waals surface area contributed by atoms with Gasteiger partial charge in [0.25, 0.3) is 0 Å². The van der Waals surface area contributed by atoms with E-state index in [1.54, 1.807) is 7.05 Å². The molecule has 0 radical (unpaired) electrons. The molecule has 0 aromatic heterocycles. The van der Waals surface area contributed by atoms with Crippen molar-refractivity contribution in [1.82, 2.24) is 5.23 Å². The Morgan fingerprint density at radius 1 is 1.83 bits per heavy atom. The van der Waals surface area contributed by atoms with Crippen molar-refractivity contribution in [2.24, 2.45) is 0 Å². The molecular formula is C2H5INO2-. The summed E-state index contributed by atoms with van der Waals surface area (Å²) in [6, 6.07) is 0. The molecule has 0 aromatic carbocycles. The summed E-state index contributed by atoms with van der Waals surface area (Å²) in [7, 11) is 1.76. The number of hydroxylamine groups is 2. The minimum atomic E-state index is -0.0943. The van der Waals surface area contributed by atoms with Crippen LogP contribution in [0.4, 0.5) is 0 Å². The molecule has 1 saturated heterocycles. The Hall–Kier alpha value is 0.610. The van der Waals surface area contributed by atoms with Crippen molar-refractivity contribution in [3.05, 3.63) is 0 Å². The van der Waals surface area contributed by atoms with Gasteiger partial charge in [0.15, 0.2) is 0 Å². The standard InChI is InChI=1S/C2H5INO2/c1-4-5-2-3-6-4/h2H2,1H3/q-1. The maximum absolute atomic E-state index is 4.87. The molecule has 0 saturated carbocycles. The van der Waals surface area contributed by atoms with E-state index in [0.29, 0.717) is 0 Å². The van der Waals surface area contributed by atoms with Crippen molar-refractivity contribution in [3.8, 4) is 0 Å². The molecule has 1 heterocycles. The van der Waals surface area contributed by atoms with Crippen LogP contribution in [0.2, 0.25) is 0 Å². The van der Waals surface area contributed by atoms with E-state index in [4.69, 9.17) is 8.00 Å². The number of halogens is 1. The summed E-state index contributed by atoms with van der Waals surface area (Å²) < 4.78 is 5.67. The molecule has 0 spiro atoms. The SMILES string of the molecule is CN1OC[I-]O1. The van der Waals surface area contributed by atoms with Gasteiger partial charge in [0.1, 0.15) is 0 Å². The predicted molar refractivity (Wildman–Crippen MR) is 14.8 cm³/mol. The van der Waals surface area contributed by atoms with E-state index in [0.717, 1.165) is 4.61 Å². The first-order chi connectivity index (χ1) is 2.89. The monoisotopic (exact) mass is 202 g/mol. The Balaban J connectivity index is 2.18. The van der Waals surface area contributed by atoms with Crippen molar-refractivity contribution in [2.45, 2.75) is 0 Å². The first kappa shape index (κ1) is 4.76. The van der Waals surface area contributed by atoms with Crippen LogP contribution in [0.5, 0.6) is 0 Å². The Labute approximate surface area is 46.9 Å². The fraction of sp³-hybridized carbons (Fsp3) is 1.00. The first-order valence-electron chi connectivity index (χ1n) is 1.52. The second-order valence-electron chi connectivity index (χ2n) is 0.856. The average Bonchev–Trinajstić information content (AvgIpc) is 1.86. The van der Waals surface area contributed by atoms with Gasteiger partial charge in [0.05, 0.1) is 0 Å². The van der Waals surface area contributed by atoms with Crippen molar-refractivity contribution >= 4 is 0 Å². The number of nitrogens with zero attached hydrogens (tertiary/aromatic N) is 1. The molecule has 1 rings (SSSR count). The summed E-state index contributed by atoms with van der Waals surface area (Å²) in [6.45, 7) is 0. The van der Waals surface area contributed by atoms with Crippen LogP contribution in [0.15, 0.2) is 0 Å². The van der Waals surface area contributed by atoms with Gasteiger partial charge in [-0.3, -0.25) is 0 Å². The fourth-order valence-corrected chi connectivity index (χ4v) is 1.32. The molecule has 0 atom stereocenters. The molecule has 0 aromatic rings. The summed E-state index contributed by atoms with van der Waals surface area (Å²) in [5.41, 5.74) is 0.